The number of hydrogen-bond acceptors (Lipinski definition) is 5. The van der Waals surface area contributed by atoms with Gasteiger partial charge in [-0.1, -0.05) is 47.7 Å². The predicted molar refractivity (Wildman–Crippen MR) is 95.5 cm³/mol. The molecular weight excluding hydrogens is 332 g/mol. The van der Waals surface area contributed by atoms with Gasteiger partial charge in [0.15, 0.2) is 0 Å². The topological polar surface area (TPSA) is 77.3 Å². The Morgan fingerprint density at radius 2 is 1.88 bits per heavy atom. The van der Waals surface area contributed by atoms with Gasteiger partial charge in [-0.15, -0.1) is 5.10 Å². The van der Waals surface area contributed by atoms with Gasteiger partial charge in [0.25, 0.3) is 5.56 Å². The minimum atomic E-state index is -0.309. The number of carbonyl (C=O) groups is 1. The summed E-state index contributed by atoms with van der Waals surface area (Å²) in [7, 11) is 0. The molecule has 0 aliphatic carbocycles. The molecule has 1 aliphatic heterocycles. The second-order valence-corrected chi connectivity index (χ2v) is 6.18. The maximum atomic E-state index is 12.7. The molecule has 7 nitrogen and oxygen atoms in total. The summed E-state index contributed by atoms with van der Waals surface area (Å²) in [5, 5.41) is 8.37. The molecule has 1 amide bonds. The lowest BCUT2D eigenvalue weighted by atomic mass is 10.1. The Hall–Kier alpha value is -3.06. The smallest absolute Gasteiger partial charge is 0.278 e. The Labute approximate surface area is 149 Å². The summed E-state index contributed by atoms with van der Waals surface area (Å²) in [6, 6.07) is 16.8. The van der Waals surface area contributed by atoms with Gasteiger partial charge in [-0.3, -0.25) is 9.59 Å². The summed E-state index contributed by atoms with van der Waals surface area (Å²) in [6.07, 6.45) is -0.159. The van der Waals surface area contributed by atoms with Crippen molar-refractivity contribution < 1.29 is 9.53 Å². The van der Waals surface area contributed by atoms with Crippen LogP contribution in [-0.2, 0) is 16.1 Å². The van der Waals surface area contributed by atoms with Gasteiger partial charge in [0, 0.05) is 6.54 Å². The molecule has 2 heterocycles. The molecule has 0 spiro atoms. The van der Waals surface area contributed by atoms with E-state index in [1.807, 2.05) is 30.3 Å². The third-order valence-electron chi connectivity index (χ3n) is 4.50. The fraction of sp³-hybridized carbons (Fsp3) is 0.263. The highest BCUT2D eigenvalue weighted by atomic mass is 16.5. The number of aromatic nitrogens is 3. The molecule has 26 heavy (non-hydrogen) atoms. The van der Waals surface area contributed by atoms with Crippen molar-refractivity contribution in [3.05, 3.63) is 70.5 Å². The van der Waals surface area contributed by atoms with Crippen LogP contribution in [0.4, 0.5) is 0 Å². The molecule has 1 fully saturated rings. The Morgan fingerprint density at radius 1 is 1.12 bits per heavy atom. The van der Waals surface area contributed by atoms with Crippen LogP contribution in [0.1, 0.15) is 11.7 Å². The Balaban J connectivity index is 1.51. The van der Waals surface area contributed by atoms with E-state index in [1.165, 1.54) is 0 Å². The number of morpholine rings is 1. The van der Waals surface area contributed by atoms with Crippen LogP contribution < -0.4 is 5.56 Å². The third kappa shape index (κ3) is 3.21. The summed E-state index contributed by atoms with van der Waals surface area (Å²) in [5.41, 5.74) is 1.25. The lowest BCUT2D eigenvalue weighted by Crippen LogP contribution is -2.45. The monoisotopic (exact) mass is 350 g/mol. The SMILES string of the molecule is O=C(Cn1nnc2ccccc2c1=O)N1CCOC(c2ccccc2)C1. The van der Waals surface area contributed by atoms with Gasteiger partial charge < -0.3 is 9.64 Å². The molecule has 0 N–H and O–H groups in total. The van der Waals surface area contributed by atoms with E-state index in [1.54, 1.807) is 29.2 Å². The second kappa shape index (κ2) is 7.05. The van der Waals surface area contributed by atoms with Gasteiger partial charge in [-0.05, 0) is 17.7 Å². The van der Waals surface area contributed by atoms with E-state index in [0.717, 1.165) is 10.2 Å². The number of amides is 1. The van der Waals surface area contributed by atoms with Crippen LogP contribution in [0, 0.1) is 0 Å². The number of fused-ring (bicyclic) bond motifs is 1. The highest BCUT2D eigenvalue weighted by Gasteiger charge is 2.26. The number of nitrogens with zero attached hydrogens (tertiary/aromatic N) is 4. The minimum absolute atomic E-state index is 0.127. The molecule has 1 aromatic heterocycles. The van der Waals surface area contributed by atoms with E-state index in [9.17, 15) is 9.59 Å². The lowest BCUT2D eigenvalue weighted by Gasteiger charge is -2.33. The number of ether oxygens (including phenoxy) is 1. The molecule has 3 aromatic rings. The Kier molecular flexibility index (Phi) is 4.45. The van der Waals surface area contributed by atoms with Crippen molar-refractivity contribution >= 4 is 16.8 Å². The van der Waals surface area contributed by atoms with Gasteiger partial charge in [0.05, 0.1) is 18.5 Å². The molecule has 7 heteroatoms. The molecule has 1 aliphatic rings. The van der Waals surface area contributed by atoms with Crippen LogP contribution in [-0.4, -0.2) is 45.5 Å². The van der Waals surface area contributed by atoms with Gasteiger partial charge in [0.1, 0.15) is 18.2 Å². The fourth-order valence-corrected chi connectivity index (χ4v) is 3.10. The van der Waals surface area contributed by atoms with Crippen LogP contribution in [0.3, 0.4) is 0 Å². The summed E-state index contributed by atoms with van der Waals surface area (Å²) in [5.74, 6) is -0.166. The lowest BCUT2D eigenvalue weighted by molar-refractivity contribution is -0.140. The van der Waals surface area contributed by atoms with Gasteiger partial charge >= 0.3 is 0 Å². The van der Waals surface area contributed by atoms with E-state index in [-0.39, 0.29) is 24.1 Å². The van der Waals surface area contributed by atoms with Crippen molar-refractivity contribution in [3.63, 3.8) is 0 Å². The fourth-order valence-electron chi connectivity index (χ4n) is 3.10. The van der Waals surface area contributed by atoms with Crippen LogP contribution in [0.15, 0.2) is 59.4 Å². The molecule has 0 bridgehead atoms. The summed E-state index contributed by atoms with van der Waals surface area (Å²) in [4.78, 5) is 26.9. The van der Waals surface area contributed by atoms with E-state index < -0.39 is 0 Å². The summed E-state index contributed by atoms with van der Waals surface area (Å²) < 4.78 is 6.91. The molecule has 0 saturated carbocycles. The normalized spacial score (nSPS) is 17.4. The first kappa shape index (κ1) is 16.4. The zero-order chi connectivity index (χ0) is 17.9. The van der Waals surface area contributed by atoms with Crippen LogP contribution >= 0.6 is 0 Å². The average molecular weight is 350 g/mol. The Morgan fingerprint density at radius 3 is 2.73 bits per heavy atom. The molecular formula is C19H18N4O3. The van der Waals surface area contributed by atoms with Crippen molar-refractivity contribution in [3.8, 4) is 0 Å². The van der Waals surface area contributed by atoms with Crippen LogP contribution in [0.5, 0.6) is 0 Å². The summed E-state index contributed by atoms with van der Waals surface area (Å²) >= 11 is 0. The first-order chi connectivity index (χ1) is 12.7. The first-order valence-electron chi connectivity index (χ1n) is 8.49. The molecule has 1 unspecified atom stereocenters. The third-order valence-corrected chi connectivity index (χ3v) is 4.50. The van der Waals surface area contributed by atoms with Crippen molar-refractivity contribution in [1.29, 1.82) is 0 Å². The average Bonchev–Trinajstić information content (AvgIpc) is 2.71. The number of benzene rings is 2. The van der Waals surface area contributed by atoms with E-state index in [2.05, 4.69) is 10.3 Å². The summed E-state index contributed by atoms with van der Waals surface area (Å²) in [6.45, 7) is 1.29. The highest BCUT2D eigenvalue weighted by molar-refractivity contribution is 5.78. The molecule has 2 aromatic carbocycles. The number of hydrogen-bond donors (Lipinski definition) is 0. The van der Waals surface area contributed by atoms with Crippen molar-refractivity contribution in [2.45, 2.75) is 12.6 Å². The van der Waals surface area contributed by atoms with Crippen LogP contribution in [0.2, 0.25) is 0 Å². The quantitative estimate of drug-likeness (QED) is 0.713. The maximum absolute atomic E-state index is 12.7. The van der Waals surface area contributed by atoms with Crippen molar-refractivity contribution in [2.75, 3.05) is 19.7 Å². The van der Waals surface area contributed by atoms with Crippen molar-refractivity contribution in [1.82, 2.24) is 19.9 Å². The molecule has 0 radical (unpaired) electrons. The molecule has 4 rings (SSSR count). The van der Waals surface area contributed by atoms with E-state index in [4.69, 9.17) is 4.74 Å². The number of rotatable bonds is 3. The van der Waals surface area contributed by atoms with Gasteiger partial charge in [0.2, 0.25) is 5.91 Å². The van der Waals surface area contributed by atoms with Crippen molar-refractivity contribution in [2.24, 2.45) is 0 Å². The van der Waals surface area contributed by atoms with E-state index in [0.29, 0.717) is 30.6 Å². The standard InChI is InChI=1S/C19H18N4O3/c24-18(13-23-19(25)15-8-4-5-9-16(15)20-21-23)22-10-11-26-17(12-22)14-6-2-1-3-7-14/h1-9,17H,10-13H2. The minimum Gasteiger partial charge on any atom is -0.370 e. The van der Waals surface area contributed by atoms with Gasteiger partial charge in [-0.25, -0.2) is 4.68 Å². The van der Waals surface area contributed by atoms with Gasteiger partial charge in [-0.2, -0.15) is 0 Å². The van der Waals surface area contributed by atoms with Crippen LogP contribution in [0.25, 0.3) is 10.9 Å². The Bertz CT molecular complexity index is 987. The molecule has 132 valence electrons. The van der Waals surface area contributed by atoms with E-state index >= 15 is 0 Å². The maximum Gasteiger partial charge on any atom is 0.278 e. The first-order valence-corrected chi connectivity index (χ1v) is 8.49. The second-order valence-electron chi connectivity index (χ2n) is 6.18. The number of carbonyl (C=O) groups excluding carboxylic acids is 1. The molecule has 1 saturated heterocycles. The zero-order valence-electron chi connectivity index (χ0n) is 14.1. The largest absolute Gasteiger partial charge is 0.370 e. The highest BCUT2D eigenvalue weighted by Crippen LogP contribution is 2.22. The predicted octanol–water partition coefficient (Wildman–Crippen LogP) is 1.39. The zero-order valence-corrected chi connectivity index (χ0v) is 14.1. The molecule has 1 atom stereocenters.